The minimum atomic E-state index is -0.0150. The van der Waals surface area contributed by atoms with Gasteiger partial charge in [-0.2, -0.15) is 5.10 Å². The maximum atomic E-state index is 9.31. The third kappa shape index (κ3) is 1.96. The lowest BCUT2D eigenvalue weighted by molar-refractivity contribution is 0.283. The lowest BCUT2D eigenvalue weighted by atomic mass is 10.0. The molecule has 0 fully saturated rings. The Labute approximate surface area is 110 Å². The first-order chi connectivity index (χ1) is 9.33. The molecule has 0 aliphatic rings. The van der Waals surface area contributed by atoms with Crippen LogP contribution in [-0.4, -0.2) is 21.8 Å². The molecular weight excluding hydrogens is 240 g/mol. The standard InChI is InChI=1S/C15H14N2O2/c1-19-15-5-3-2-4-13(15)11-6-7-17-14(8-11)12(10-18)9-16-17/h2-9,18H,10H2,1H3. The van der Waals surface area contributed by atoms with Crippen LogP contribution >= 0.6 is 0 Å². The fourth-order valence-corrected chi connectivity index (χ4v) is 2.20. The topological polar surface area (TPSA) is 46.8 Å². The van der Waals surface area contributed by atoms with Gasteiger partial charge < -0.3 is 9.84 Å². The molecule has 0 aliphatic carbocycles. The molecule has 2 heterocycles. The van der Waals surface area contributed by atoms with Gasteiger partial charge in [-0.05, 0) is 23.8 Å². The normalized spacial score (nSPS) is 10.8. The first-order valence-corrected chi connectivity index (χ1v) is 6.04. The van der Waals surface area contributed by atoms with Crippen molar-refractivity contribution in [3.63, 3.8) is 0 Å². The van der Waals surface area contributed by atoms with Crippen molar-refractivity contribution in [2.24, 2.45) is 0 Å². The largest absolute Gasteiger partial charge is 0.496 e. The summed E-state index contributed by atoms with van der Waals surface area (Å²) < 4.78 is 7.13. The van der Waals surface area contributed by atoms with Gasteiger partial charge in [0.15, 0.2) is 0 Å². The van der Waals surface area contributed by atoms with Gasteiger partial charge in [0.2, 0.25) is 0 Å². The number of ether oxygens (including phenoxy) is 1. The van der Waals surface area contributed by atoms with Crippen LogP contribution in [0, 0.1) is 0 Å². The van der Waals surface area contributed by atoms with E-state index in [0.29, 0.717) is 0 Å². The molecule has 3 rings (SSSR count). The second-order valence-electron chi connectivity index (χ2n) is 4.27. The number of rotatable bonds is 3. The van der Waals surface area contributed by atoms with E-state index in [1.54, 1.807) is 17.8 Å². The van der Waals surface area contributed by atoms with E-state index in [-0.39, 0.29) is 6.61 Å². The highest BCUT2D eigenvalue weighted by Gasteiger charge is 2.08. The van der Waals surface area contributed by atoms with E-state index in [9.17, 15) is 5.11 Å². The summed E-state index contributed by atoms with van der Waals surface area (Å²) in [6, 6.07) is 11.9. The van der Waals surface area contributed by atoms with Gasteiger partial charge in [-0.25, -0.2) is 4.52 Å². The first-order valence-electron chi connectivity index (χ1n) is 6.04. The zero-order chi connectivity index (χ0) is 13.2. The van der Waals surface area contributed by atoms with Gasteiger partial charge in [0.05, 0.1) is 25.4 Å². The van der Waals surface area contributed by atoms with Gasteiger partial charge in [0, 0.05) is 17.3 Å². The van der Waals surface area contributed by atoms with E-state index in [4.69, 9.17) is 4.74 Å². The molecule has 0 atom stereocenters. The molecule has 0 amide bonds. The number of aliphatic hydroxyl groups excluding tert-OH is 1. The summed E-state index contributed by atoms with van der Waals surface area (Å²) in [5, 5.41) is 13.5. The fraction of sp³-hybridized carbons (Fsp3) is 0.133. The Balaban J connectivity index is 2.19. The molecule has 0 unspecified atom stereocenters. The number of hydrogen-bond donors (Lipinski definition) is 1. The smallest absolute Gasteiger partial charge is 0.126 e. The Morgan fingerprint density at radius 2 is 2.11 bits per heavy atom. The number of pyridine rings is 1. The highest BCUT2D eigenvalue weighted by molar-refractivity contribution is 5.74. The maximum absolute atomic E-state index is 9.31. The lowest BCUT2D eigenvalue weighted by Gasteiger charge is -2.08. The first kappa shape index (κ1) is 11.7. The van der Waals surface area contributed by atoms with Crippen LogP contribution in [0.2, 0.25) is 0 Å². The molecule has 0 saturated heterocycles. The van der Waals surface area contributed by atoms with Crippen LogP contribution in [0.15, 0.2) is 48.8 Å². The molecule has 96 valence electrons. The van der Waals surface area contributed by atoms with Gasteiger partial charge in [0.25, 0.3) is 0 Å². The number of hydrogen-bond acceptors (Lipinski definition) is 3. The van der Waals surface area contributed by atoms with Gasteiger partial charge in [-0.1, -0.05) is 18.2 Å². The highest BCUT2D eigenvalue weighted by atomic mass is 16.5. The second kappa shape index (κ2) is 4.74. The average molecular weight is 254 g/mol. The molecule has 4 nitrogen and oxygen atoms in total. The van der Waals surface area contributed by atoms with E-state index in [2.05, 4.69) is 5.10 Å². The number of methoxy groups -OCH3 is 1. The fourth-order valence-electron chi connectivity index (χ4n) is 2.20. The number of fused-ring (bicyclic) bond motifs is 1. The van der Waals surface area contributed by atoms with Crippen LogP contribution in [0.4, 0.5) is 0 Å². The number of benzene rings is 1. The van der Waals surface area contributed by atoms with E-state index >= 15 is 0 Å². The zero-order valence-electron chi connectivity index (χ0n) is 10.6. The molecule has 4 heteroatoms. The van der Waals surface area contributed by atoms with Crippen molar-refractivity contribution >= 4 is 5.52 Å². The molecule has 0 aliphatic heterocycles. The van der Waals surface area contributed by atoms with Gasteiger partial charge >= 0.3 is 0 Å². The molecule has 1 aromatic carbocycles. The van der Waals surface area contributed by atoms with Gasteiger partial charge in [0.1, 0.15) is 5.75 Å². The van der Waals surface area contributed by atoms with Crippen molar-refractivity contribution in [2.45, 2.75) is 6.61 Å². The molecule has 0 spiro atoms. The molecule has 2 aromatic heterocycles. The minimum Gasteiger partial charge on any atom is -0.496 e. The molecule has 19 heavy (non-hydrogen) atoms. The summed E-state index contributed by atoms with van der Waals surface area (Å²) in [5.74, 6) is 0.830. The van der Waals surface area contributed by atoms with Crippen LogP contribution in [-0.2, 0) is 6.61 Å². The Morgan fingerprint density at radius 3 is 2.89 bits per heavy atom. The SMILES string of the molecule is COc1ccccc1-c1ccn2ncc(CO)c2c1. The number of para-hydroxylation sites is 1. The third-order valence-electron chi connectivity index (χ3n) is 3.19. The quantitative estimate of drug-likeness (QED) is 0.781. The van der Waals surface area contributed by atoms with E-state index in [0.717, 1.165) is 28.0 Å². The Kier molecular flexibility index (Phi) is 2.93. The summed E-state index contributed by atoms with van der Waals surface area (Å²) in [6.45, 7) is -0.0150. The molecular formula is C15H14N2O2. The molecule has 0 bridgehead atoms. The van der Waals surface area contributed by atoms with Crippen molar-refractivity contribution in [3.05, 3.63) is 54.4 Å². The van der Waals surface area contributed by atoms with Gasteiger partial charge in [-0.3, -0.25) is 0 Å². The lowest BCUT2D eigenvalue weighted by Crippen LogP contribution is -1.91. The Hall–Kier alpha value is -2.33. The second-order valence-corrected chi connectivity index (χ2v) is 4.27. The monoisotopic (exact) mass is 254 g/mol. The number of nitrogens with zero attached hydrogens (tertiary/aromatic N) is 2. The predicted molar refractivity (Wildman–Crippen MR) is 73.1 cm³/mol. The van der Waals surface area contributed by atoms with Crippen molar-refractivity contribution in [3.8, 4) is 16.9 Å². The van der Waals surface area contributed by atoms with Crippen LogP contribution in [0.25, 0.3) is 16.6 Å². The van der Waals surface area contributed by atoms with Crippen LogP contribution in [0.3, 0.4) is 0 Å². The van der Waals surface area contributed by atoms with Crippen LogP contribution < -0.4 is 4.74 Å². The van der Waals surface area contributed by atoms with E-state index in [1.807, 2.05) is 42.6 Å². The zero-order valence-corrected chi connectivity index (χ0v) is 10.6. The summed E-state index contributed by atoms with van der Waals surface area (Å²) >= 11 is 0. The molecule has 0 radical (unpaired) electrons. The van der Waals surface area contributed by atoms with Crippen molar-refractivity contribution in [1.29, 1.82) is 0 Å². The van der Waals surface area contributed by atoms with E-state index in [1.165, 1.54) is 0 Å². The molecule has 0 saturated carbocycles. The summed E-state index contributed by atoms with van der Waals surface area (Å²) in [5.41, 5.74) is 3.79. The molecule has 3 aromatic rings. The summed E-state index contributed by atoms with van der Waals surface area (Å²) in [4.78, 5) is 0. The summed E-state index contributed by atoms with van der Waals surface area (Å²) in [7, 11) is 1.66. The van der Waals surface area contributed by atoms with Crippen LogP contribution in [0.1, 0.15) is 5.56 Å². The third-order valence-corrected chi connectivity index (χ3v) is 3.19. The summed E-state index contributed by atoms with van der Waals surface area (Å²) in [6.07, 6.45) is 3.57. The number of aliphatic hydroxyl groups is 1. The maximum Gasteiger partial charge on any atom is 0.126 e. The molecule has 1 N–H and O–H groups in total. The highest BCUT2D eigenvalue weighted by Crippen LogP contribution is 2.30. The van der Waals surface area contributed by atoms with Crippen molar-refractivity contribution in [2.75, 3.05) is 7.11 Å². The van der Waals surface area contributed by atoms with E-state index < -0.39 is 0 Å². The van der Waals surface area contributed by atoms with Crippen molar-refractivity contribution in [1.82, 2.24) is 9.61 Å². The Bertz CT molecular complexity index is 719. The Morgan fingerprint density at radius 1 is 1.26 bits per heavy atom. The minimum absolute atomic E-state index is 0.0150. The van der Waals surface area contributed by atoms with Crippen molar-refractivity contribution < 1.29 is 9.84 Å². The average Bonchev–Trinajstić information content (AvgIpc) is 2.89. The predicted octanol–water partition coefficient (Wildman–Crippen LogP) is 2.50. The van der Waals surface area contributed by atoms with Gasteiger partial charge in [-0.15, -0.1) is 0 Å². The number of aromatic nitrogens is 2. The van der Waals surface area contributed by atoms with Crippen LogP contribution in [0.5, 0.6) is 5.75 Å².